The van der Waals surface area contributed by atoms with Gasteiger partial charge in [-0.3, -0.25) is 4.98 Å². The highest BCUT2D eigenvalue weighted by atomic mass is 16.5. The van der Waals surface area contributed by atoms with E-state index in [9.17, 15) is 0 Å². The minimum Gasteiger partial charge on any atom is -0.490 e. The number of pyridine rings is 1. The van der Waals surface area contributed by atoms with Crippen LogP contribution in [0.3, 0.4) is 0 Å². The van der Waals surface area contributed by atoms with E-state index in [1.165, 1.54) is 11.1 Å². The van der Waals surface area contributed by atoms with E-state index in [2.05, 4.69) is 47.2 Å². The van der Waals surface area contributed by atoms with Crippen molar-refractivity contribution < 1.29 is 9.47 Å². The highest BCUT2D eigenvalue weighted by Crippen LogP contribution is 2.29. The number of nitrogens with one attached hydrogen (secondary N) is 1. The Bertz CT molecular complexity index is 690. The molecule has 2 rings (SSSR count). The number of aromatic nitrogens is 1. The van der Waals surface area contributed by atoms with E-state index in [4.69, 9.17) is 9.47 Å². The lowest BCUT2D eigenvalue weighted by atomic mass is 9.98. The quantitative estimate of drug-likeness (QED) is 0.590. The predicted octanol–water partition coefficient (Wildman–Crippen LogP) is 4.30. The lowest BCUT2D eigenvalue weighted by Crippen LogP contribution is -2.22. The standard InChI is InChI=1S/C23H35N3O2/c1-6-27-23-15-19(9-10-22(23)28-13-12-26(4)5)16-25-21(14-18(2)3)20-8-7-11-24-17-20/h7-11,15,17-18,21,25H,6,12-14,16H2,1-5H3. The van der Waals surface area contributed by atoms with Gasteiger partial charge in [-0.25, -0.2) is 0 Å². The van der Waals surface area contributed by atoms with Crippen molar-refractivity contribution in [1.82, 2.24) is 15.2 Å². The van der Waals surface area contributed by atoms with Crippen LogP contribution in [0.25, 0.3) is 0 Å². The summed E-state index contributed by atoms with van der Waals surface area (Å²) in [6.45, 7) is 9.39. The minimum absolute atomic E-state index is 0.278. The molecular weight excluding hydrogens is 350 g/mol. The molecular formula is C23H35N3O2. The zero-order chi connectivity index (χ0) is 20.4. The van der Waals surface area contributed by atoms with Crippen LogP contribution < -0.4 is 14.8 Å². The molecule has 0 saturated heterocycles. The first-order valence-corrected chi connectivity index (χ1v) is 10.2. The van der Waals surface area contributed by atoms with Crippen LogP contribution in [0.4, 0.5) is 0 Å². The average molecular weight is 386 g/mol. The number of nitrogens with zero attached hydrogens (tertiary/aromatic N) is 2. The van der Waals surface area contributed by atoms with Crippen LogP contribution in [0.5, 0.6) is 11.5 Å². The number of likely N-dealkylation sites (N-methyl/N-ethyl adjacent to an activating group) is 1. The molecule has 0 fully saturated rings. The Morgan fingerprint density at radius 1 is 1.11 bits per heavy atom. The molecule has 0 amide bonds. The fourth-order valence-electron chi connectivity index (χ4n) is 3.02. The Kier molecular flexibility index (Phi) is 9.24. The molecule has 0 aliphatic heterocycles. The van der Waals surface area contributed by atoms with Crippen molar-refractivity contribution in [3.05, 3.63) is 53.9 Å². The van der Waals surface area contributed by atoms with Crippen molar-refractivity contribution >= 4 is 0 Å². The molecule has 1 aromatic carbocycles. The first kappa shape index (κ1) is 22.2. The van der Waals surface area contributed by atoms with E-state index >= 15 is 0 Å². The molecule has 0 bridgehead atoms. The van der Waals surface area contributed by atoms with Gasteiger partial charge >= 0.3 is 0 Å². The molecule has 5 nitrogen and oxygen atoms in total. The SMILES string of the molecule is CCOc1cc(CNC(CC(C)C)c2cccnc2)ccc1OCCN(C)C. The van der Waals surface area contributed by atoms with Crippen LogP contribution in [0.1, 0.15) is 44.4 Å². The van der Waals surface area contributed by atoms with Gasteiger partial charge < -0.3 is 19.7 Å². The van der Waals surface area contributed by atoms with Crippen molar-refractivity contribution in [3.63, 3.8) is 0 Å². The summed E-state index contributed by atoms with van der Waals surface area (Å²) in [6, 6.07) is 10.6. The number of ether oxygens (including phenoxy) is 2. The first-order chi connectivity index (χ1) is 13.5. The van der Waals surface area contributed by atoms with Crippen molar-refractivity contribution in [3.8, 4) is 11.5 Å². The average Bonchev–Trinajstić information content (AvgIpc) is 2.67. The van der Waals surface area contributed by atoms with Gasteiger partial charge in [0.1, 0.15) is 6.61 Å². The van der Waals surface area contributed by atoms with E-state index in [0.29, 0.717) is 19.1 Å². The van der Waals surface area contributed by atoms with Crippen LogP contribution >= 0.6 is 0 Å². The largest absolute Gasteiger partial charge is 0.490 e. The highest BCUT2D eigenvalue weighted by Gasteiger charge is 2.14. The third kappa shape index (κ3) is 7.49. The smallest absolute Gasteiger partial charge is 0.161 e. The minimum atomic E-state index is 0.278. The summed E-state index contributed by atoms with van der Waals surface area (Å²) in [7, 11) is 4.08. The molecule has 2 aromatic rings. The monoisotopic (exact) mass is 385 g/mol. The maximum absolute atomic E-state index is 5.91. The van der Waals surface area contributed by atoms with E-state index in [1.807, 2.05) is 45.5 Å². The molecule has 0 radical (unpaired) electrons. The zero-order valence-electron chi connectivity index (χ0n) is 17.9. The van der Waals surface area contributed by atoms with E-state index < -0.39 is 0 Å². The number of benzene rings is 1. The number of hydrogen-bond donors (Lipinski definition) is 1. The Morgan fingerprint density at radius 2 is 1.93 bits per heavy atom. The van der Waals surface area contributed by atoms with E-state index in [0.717, 1.165) is 31.0 Å². The predicted molar refractivity (Wildman–Crippen MR) is 115 cm³/mol. The second kappa shape index (κ2) is 11.7. The molecule has 0 saturated carbocycles. The normalized spacial score (nSPS) is 12.4. The Morgan fingerprint density at radius 3 is 2.57 bits per heavy atom. The van der Waals surface area contributed by atoms with Gasteiger partial charge in [0.2, 0.25) is 0 Å². The summed E-state index contributed by atoms with van der Waals surface area (Å²) in [5, 5.41) is 3.69. The van der Waals surface area contributed by atoms with Crippen LogP contribution in [-0.2, 0) is 6.54 Å². The van der Waals surface area contributed by atoms with E-state index in [1.54, 1.807) is 0 Å². The van der Waals surface area contributed by atoms with Crippen LogP contribution in [-0.4, -0.2) is 43.7 Å². The Hall–Kier alpha value is -2.11. The van der Waals surface area contributed by atoms with Crippen molar-refractivity contribution in [1.29, 1.82) is 0 Å². The molecule has 1 aromatic heterocycles. The van der Waals surface area contributed by atoms with Gasteiger partial charge in [-0.2, -0.15) is 0 Å². The van der Waals surface area contributed by atoms with Crippen LogP contribution in [0.2, 0.25) is 0 Å². The topological polar surface area (TPSA) is 46.6 Å². The molecule has 0 spiro atoms. The van der Waals surface area contributed by atoms with Gasteiger partial charge in [0.25, 0.3) is 0 Å². The highest BCUT2D eigenvalue weighted by molar-refractivity contribution is 5.43. The number of rotatable bonds is 12. The van der Waals surface area contributed by atoms with Crippen molar-refractivity contribution in [2.24, 2.45) is 5.92 Å². The van der Waals surface area contributed by atoms with Gasteiger partial charge in [-0.15, -0.1) is 0 Å². The van der Waals surface area contributed by atoms with Crippen LogP contribution in [0, 0.1) is 5.92 Å². The molecule has 1 atom stereocenters. The van der Waals surface area contributed by atoms with Gasteiger partial charge in [0.05, 0.1) is 6.61 Å². The molecule has 154 valence electrons. The lowest BCUT2D eigenvalue weighted by Gasteiger charge is -2.21. The summed E-state index contributed by atoms with van der Waals surface area (Å²) < 4.78 is 11.7. The zero-order valence-corrected chi connectivity index (χ0v) is 17.9. The summed E-state index contributed by atoms with van der Waals surface area (Å²) in [4.78, 5) is 6.38. The summed E-state index contributed by atoms with van der Waals surface area (Å²) in [5.41, 5.74) is 2.41. The molecule has 0 aliphatic rings. The third-order valence-corrected chi connectivity index (χ3v) is 4.45. The molecule has 1 unspecified atom stereocenters. The summed E-state index contributed by atoms with van der Waals surface area (Å²) in [6.07, 6.45) is 4.84. The maximum atomic E-state index is 5.91. The molecule has 1 heterocycles. The summed E-state index contributed by atoms with van der Waals surface area (Å²) >= 11 is 0. The van der Waals surface area contributed by atoms with Gasteiger partial charge in [-0.1, -0.05) is 26.0 Å². The maximum Gasteiger partial charge on any atom is 0.161 e. The second-order valence-electron chi connectivity index (χ2n) is 7.72. The fraction of sp³-hybridized carbons (Fsp3) is 0.522. The Balaban J connectivity index is 2.05. The van der Waals surface area contributed by atoms with Gasteiger partial charge in [-0.05, 0) is 62.7 Å². The second-order valence-corrected chi connectivity index (χ2v) is 7.72. The molecule has 5 heteroatoms. The molecule has 0 aliphatic carbocycles. The molecule has 1 N–H and O–H groups in total. The van der Waals surface area contributed by atoms with Crippen molar-refractivity contribution in [2.45, 2.75) is 39.8 Å². The molecule has 28 heavy (non-hydrogen) atoms. The summed E-state index contributed by atoms with van der Waals surface area (Å²) in [5.74, 6) is 2.21. The lowest BCUT2D eigenvalue weighted by molar-refractivity contribution is 0.243. The van der Waals surface area contributed by atoms with Crippen LogP contribution in [0.15, 0.2) is 42.7 Å². The van der Waals surface area contributed by atoms with Gasteiger partial charge in [0.15, 0.2) is 11.5 Å². The number of hydrogen-bond acceptors (Lipinski definition) is 5. The van der Waals surface area contributed by atoms with Crippen molar-refractivity contribution in [2.75, 3.05) is 33.9 Å². The van der Waals surface area contributed by atoms with E-state index in [-0.39, 0.29) is 6.04 Å². The third-order valence-electron chi connectivity index (χ3n) is 4.45. The van der Waals surface area contributed by atoms with Gasteiger partial charge in [0, 0.05) is 31.5 Å². The Labute approximate surface area is 170 Å². The fourth-order valence-corrected chi connectivity index (χ4v) is 3.02. The first-order valence-electron chi connectivity index (χ1n) is 10.2.